The zero-order valence-electron chi connectivity index (χ0n) is 13.0. The molecule has 0 saturated carbocycles. The van der Waals surface area contributed by atoms with E-state index in [-0.39, 0.29) is 5.92 Å². The van der Waals surface area contributed by atoms with Crippen LogP contribution in [0.3, 0.4) is 0 Å². The van der Waals surface area contributed by atoms with E-state index in [0.29, 0.717) is 34.6 Å². The summed E-state index contributed by atoms with van der Waals surface area (Å²) in [6, 6.07) is 13.6. The van der Waals surface area contributed by atoms with Crippen LogP contribution in [0, 0.1) is 5.92 Å². The summed E-state index contributed by atoms with van der Waals surface area (Å²) in [5, 5.41) is 5.00. The molecule has 0 fully saturated rings. The van der Waals surface area contributed by atoms with Crippen LogP contribution in [0.4, 0.5) is 0 Å². The van der Waals surface area contributed by atoms with Gasteiger partial charge in [-0.3, -0.25) is 0 Å². The third-order valence-corrected chi connectivity index (χ3v) is 5.29. The molecule has 3 heterocycles. The number of fused-ring (bicyclic) bond motifs is 5. The Morgan fingerprint density at radius 1 is 1.04 bits per heavy atom. The van der Waals surface area contributed by atoms with Crippen LogP contribution in [0.1, 0.15) is 5.56 Å². The summed E-state index contributed by atoms with van der Waals surface area (Å²) in [5.41, 5.74) is 3.30. The second kappa shape index (κ2) is 5.46. The number of halogens is 1. The lowest BCUT2D eigenvalue weighted by atomic mass is 9.92. The molecule has 2 aliphatic rings. The minimum absolute atomic E-state index is 0.0622. The van der Waals surface area contributed by atoms with Crippen molar-refractivity contribution in [1.82, 2.24) is 0 Å². The van der Waals surface area contributed by atoms with Gasteiger partial charge in [-0.25, -0.2) is 4.79 Å². The molecule has 0 aliphatic carbocycles. The highest BCUT2D eigenvalue weighted by molar-refractivity contribution is 9.10. The molecule has 1 unspecified atom stereocenters. The van der Waals surface area contributed by atoms with E-state index in [4.69, 9.17) is 14.0 Å². The first kappa shape index (κ1) is 14.7. The van der Waals surface area contributed by atoms with Gasteiger partial charge < -0.3 is 14.0 Å². The van der Waals surface area contributed by atoms with Gasteiger partial charge in [0.2, 0.25) is 0 Å². The van der Waals surface area contributed by atoms with Crippen molar-refractivity contribution >= 4 is 32.6 Å². The minimum Gasteiger partial charge on any atom is -0.492 e. The molecule has 6 heteroatoms. The molecule has 0 amide bonds. The number of benzene rings is 2. The number of hydrogen-bond donors (Lipinski definition) is 0. The summed E-state index contributed by atoms with van der Waals surface area (Å²) in [7, 11) is 0. The average Bonchev–Trinajstić information content (AvgIpc) is 3.12. The number of ether oxygens (including phenoxy) is 1. The quantitative estimate of drug-likeness (QED) is 0.583. The van der Waals surface area contributed by atoms with Crippen LogP contribution in [0.15, 0.2) is 61.3 Å². The lowest BCUT2D eigenvalue weighted by molar-refractivity contribution is 0.137. The van der Waals surface area contributed by atoms with Crippen molar-refractivity contribution in [2.75, 3.05) is 13.2 Å². The van der Waals surface area contributed by atoms with Gasteiger partial charge in [0.15, 0.2) is 5.58 Å². The maximum absolute atomic E-state index is 12.5. The maximum atomic E-state index is 12.5. The lowest BCUT2D eigenvalue weighted by Gasteiger charge is -2.22. The van der Waals surface area contributed by atoms with Crippen molar-refractivity contribution in [2.45, 2.75) is 0 Å². The first-order valence-corrected chi connectivity index (χ1v) is 8.71. The Labute approximate surface area is 151 Å². The molecule has 1 atom stereocenters. The summed E-state index contributed by atoms with van der Waals surface area (Å²) < 4.78 is 11.9. The number of oxime groups is 1. The van der Waals surface area contributed by atoms with E-state index in [2.05, 4.69) is 21.1 Å². The molecule has 2 aromatic carbocycles. The van der Waals surface area contributed by atoms with Crippen LogP contribution in [-0.4, -0.2) is 18.9 Å². The van der Waals surface area contributed by atoms with E-state index in [9.17, 15) is 4.79 Å². The van der Waals surface area contributed by atoms with Crippen molar-refractivity contribution < 1.29 is 14.0 Å². The summed E-state index contributed by atoms with van der Waals surface area (Å²) >= 11 is 3.40. The number of hydrogen-bond acceptors (Lipinski definition) is 5. The molecule has 5 nitrogen and oxygen atoms in total. The zero-order chi connectivity index (χ0) is 17.0. The molecule has 25 heavy (non-hydrogen) atoms. The third-order valence-electron chi connectivity index (χ3n) is 4.57. The molecule has 0 N–H and O–H groups in total. The fraction of sp³-hybridized carbons (Fsp3) is 0.158. The van der Waals surface area contributed by atoms with Gasteiger partial charge in [0.05, 0.1) is 11.5 Å². The van der Waals surface area contributed by atoms with Crippen LogP contribution in [0.2, 0.25) is 0 Å². The fourth-order valence-corrected chi connectivity index (χ4v) is 3.92. The van der Waals surface area contributed by atoms with E-state index < -0.39 is 5.63 Å². The molecule has 0 saturated heterocycles. The molecular weight excluding hydrogens is 386 g/mol. The van der Waals surface area contributed by atoms with Gasteiger partial charge in [0.25, 0.3) is 0 Å². The smallest absolute Gasteiger partial charge is 0.351 e. The predicted octanol–water partition coefficient (Wildman–Crippen LogP) is 3.97. The van der Waals surface area contributed by atoms with Gasteiger partial charge in [-0.2, -0.15) is 0 Å². The summed E-state index contributed by atoms with van der Waals surface area (Å²) in [6.07, 6.45) is 0. The highest BCUT2D eigenvalue weighted by Crippen LogP contribution is 2.40. The van der Waals surface area contributed by atoms with Crippen LogP contribution in [0.5, 0.6) is 5.75 Å². The van der Waals surface area contributed by atoms with Gasteiger partial charge in [-0.15, -0.1) is 0 Å². The minimum atomic E-state index is -0.429. The Balaban J connectivity index is 1.90. The molecule has 3 aromatic rings. The largest absolute Gasteiger partial charge is 0.492 e. The second-order valence-electron chi connectivity index (χ2n) is 6.04. The van der Waals surface area contributed by atoms with E-state index in [1.54, 1.807) is 0 Å². The van der Waals surface area contributed by atoms with Gasteiger partial charge >= 0.3 is 5.63 Å². The monoisotopic (exact) mass is 397 g/mol. The van der Waals surface area contributed by atoms with E-state index >= 15 is 0 Å². The van der Waals surface area contributed by atoms with Crippen molar-refractivity contribution in [1.29, 1.82) is 0 Å². The maximum Gasteiger partial charge on any atom is 0.351 e. The Hall–Kier alpha value is -2.60. The van der Waals surface area contributed by atoms with E-state index in [1.807, 2.05) is 42.5 Å². The summed E-state index contributed by atoms with van der Waals surface area (Å²) in [4.78, 5) is 17.7. The normalized spacial score (nSPS) is 18.1. The van der Waals surface area contributed by atoms with Crippen LogP contribution < -0.4 is 10.4 Å². The Kier molecular flexibility index (Phi) is 3.21. The third kappa shape index (κ3) is 2.14. The van der Waals surface area contributed by atoms with Crippen molar-refractivity contribution in [3.8, 4) is 16.9 Å². The van der Waals surface area contributed by atoms with Gasteiger partial charge in [0.1, 0.15) is 29.1 Å². The summed E-state index contributed by atoms with van der Waals surface area (Å²) in [5.74, 6) is 0.727. The molecule has 124 valence electrons. The lowest BCUT2D eigenvalue weighted by Crippen LogP contribution is -2.28. The van der Waals surface area contributed by atoms with Crippen molar-refractivity contribution in [3.63, 3.8) is 0 Å². The molecule has 5 rings (SSSR count). The first-order chi connectivity index (χ1) is 12.2. The highest BCUT2D eigenvalue weighted by Gasteiger charge is 2.35. The number of rotatable bonds is 1. The number of nitrogens with zero attached hydrogens (tertiary/aromatic N) is 1. The first-order valence-electron chi connectivity index (χ1n) is 7.92. The Morgan fingerprint density at radius 3 is 2.72 bits per heavy atom. The molecule has 0 spiro atoms. The van der Waals surface area contributed by atoms with E-state index in [0.717, 1.165) is 22.2 Å². The van der Waals surface area contributed by atoms with Gasteiger partial charge in [-0.1, -0.05) is 35.5 Å². The molecular formula is C19H12BrNO4. The van der Waals surface area contributed by atoms with Crippen LogP contribution in [-0.2, 0) is 4.84 Å². The molecule has 0 bridgehead atoms. The Morgan fingerprint density at radius 2 is 1.88 bits per heavy atom. The van der Waals surface area contributed by atoms with Crippen molar-refractivity contribution in [2.24, 2.45) is 11.1 Å². The highest BCUT2D eigenvalue weighted by atomic mass is 79.9. The molecule has 0 radical (unpaired) electrons. The standard InChI is InChI=1S/C19H12BrNO4/c20-16-14(10-4-2-1-3-5-10)12-6-7-13-15(18(12)25-19(16)22)17-11(8-23-13)9-24-21-17/h1-7,11H,8-9H2. The summed E-state index contributed by atoms with van der Waals surface area (Å²) in [6.45, 7) is 1.00. The van der Waals surface area contributed by atoms with Crippen LogP contribution in [0.25, 0.3) is 22.1 Å². The molecule has 2 aliphatic heterocycles. The topological polar surface area (TPSA) is 61.0 Å². The average molecular weight is 398 g/mol. The molecule has 1 aromatic heterocycles. The fourth-order valence-electron chi connectivity index (χ4n) is 3.39. The predicted molar refractivity (Wildman–Crippen MR) is 97.1 cm³/mol. The Bertz CT molecular complexity index is 1090. The van der Waals surface area contributed by atoms with Crippen LogP contribution >= 0.6 is 15.9 Å². The van der Waals surface area contributed by atoms with Crippen molar-refractivity contribution in [3.05, 3.63) is 62.9 Å². The zero-order valence-corrected chi connectivity index (χ0v) is 14.6. The van der Waals surface area contributed by atoms with E-state index in [1.165, 1.54) is 0 Å². The second-order valence-corrected chi connectivity index (χ2v) is 6.83. The van der Waals surface area contributed by atoms with Gasteiger partial charge in [-0.05, 0) is 33.6 Å². The SMILES string of the molecule is O=c1oc2c3c(ccc2c(-c2ccccc2)c1Br)OCC1CON=C31. The van der Waals surface area contributed by atoms with Gasteiger partial charge in [0, 0.05) is 10.9 Å².